The predicted octanol–water partition coefficient (Wildman–Crippen LogP) is -2.49. The molecule has 13 heavy (non-hydrogen) atoms. The zero-order chi connectivity index (χ0) is 10.1. The van der Waals surface area contributed by atoms with E-state index in [2.05, 4.69) is 11.5 Å². The summed E-state index contributed by atoms with van der Waals surface area (Å²) in [5.74, 6) is -0.222. The maximum Gasteiger partial charge on any atom is 0.364 e. The van der Waals surface area contributed by atoms with Crippen LogP contribution in [-0.4, -0.2) is 31.7 Å². The van der Waals surface area contributed by atoms with E-state index in [4.69, 9.17) is 10.5 Å². The number of quaternary nitrogens is 2. The summed E-state index contributed by atoms with van der Waals surface area (Å²) < 4.78 is 4.89. The fourth-order valence-corrected chi connectivity index (χ4v) is 0.944. The Bertz CT molecular complexity index is 141. The SMILES string of the molecule is NCCCC[C@H]([NH3+])C(=O)OCC[NH3+]. The van der Waals surface area contributed by atoms with Gasteiger partial charge in [0.05, 0.1) is 0 Å². The van der Waals surface area contributed by atoms with Crippen molar-refractivity contribution in [2.24, 2.45) is 5.73 Å². The highest BCUT2D eigenvalue weighted by Crippen LogP contribution is 1.97. The fourth-order valence-electron chi connectivity index (χ4n) is 0.944. The van der Waals surface area contributed by atoms with Gasteiger partial charge in [-0.15, -0.1) is 0 Å². The Kier molecular flexibility index (Phi) is 7.57. The molecule has 0 saturated carbocycles. The molecule has 78 valence electrons. The minimum Gasteiger partial charge on any atom is -0.455 e. The molecule has 0 spiro atoms. The first-order valence-electron chi connectivity index (χ1n) is 4.71. The number of carbonyl (C=O) groups is 1. The number of esters is 1. The third-order valence-electron chi connectivity index (χ3n) is 1.73. The zero-order valence-corrected chi connectivity index (χ0v) is 8.13. The van der Waals surface area contributed by atoms with E-state index in [0.29, 0.717) is 19.7 Å². The highest BCUT2D eigenvalue weighted by atomic mass is 16.5. The second-order valence-electron chi connectivity index (χ2n) is 3.00. The summed E-state index contributed by atoms with van der Waals surface area (Å²) in [5.41, 5.74) is 12.6. The van der Waals surface area contributed by atoms with E-state index in [1.165, 1.54) is 0 Å². The number of hydrogen-bond donors (Lipinski definition) is 3. The van der Waals surface area contributed by atoms with Crippen LogP contribution in [0.4, 0.5) is 0 Å². The lowest BCUT2D eigenvalue weighted by Gasteiger charge is -2.06. The van der Waals surface area contributed by atoms with Gasteiger partial charge in [0.25, 0.3) is 0 Å². The number of nitrogens with two attached hydrogens (primary N) is 1. The largest absolute Gasteiger partial charge is 0.455 e. The van der Waals surface area contributed by atoms with Gasteiger partial charge in [-0.3, -0.25) is 0 Å². The molecule has 0 rings (SSSR count). The highest BCUT2D eigenvalue weighted by Gasteiger charge is 2.17. The molecule has 0 aliphatic rings. The van der Waals surface area contributed by atoms with Crippen molar-refractivity contribution in [3.63, 3.8) is 0 Å². The van der Waals surface area contributed by atoms with Crippen LogP contribution in [0.15, 0.2) is 0 Å². The molecule has 0 unspecified atom stereocenters. The molecule has 0 aromatic rings. The molecule has 0 fully saturated rings. The van der Waals surface area contributed by atoms with E-state index in [-0.39, 0.29) is 12.0 Å². The molecule has 5 heteroatoms. The Morgan fingerprint density at radius 2 is 2.15 bits per heavy atom. The molecule has 8 N–H and O–H groups in total. The molecule has 0 aromatic carbocycles. The quantitative estimate of drug-likeness (QED) is 0.306. The van der Waals surface area contributed by atoms with Crippen molar-refractivity contribution >= 4 is 5.97 Å². The fraction of sp³-hybridized carbons (Fsp3) is 0.875. The average molecular weight is 191 g/mol. The summed E-state index contributed by atoms with van der Waals surface area (Å²) in [6, 6.07) is -0.252. The molecule has 0 bridgehead atoms. The van der Waals surface area contributed by atoms with Gasteiger partial charge in [-0.1, -0.05) is 0 Å². The van der Waals surface area contributed by atoms with Gasteiger partial charge in [-0.25, -0.2) is 4.79 Å². The second kappa shape index (κ2) is 7.97. The molecular weight excluding hydrogens is 170 g/mol. The van der Waals surface area contributed by atoms with Crippen molar-refractivity contribution in [1.29, 1.82) is 0 Å². The van der Waals surface area contributed by atoms with Crippen LogP contribution < -0.4 is 17.2 Å². The number of ether oxygens (including phenoxy) is 1. The molecule has 0 aliphatic heterocycles. The van der Waals surface area contributed by atoms with Gasteiger partial charge < -0.3 is 21.9 Å². The van der Waals surface area contributed by atoms with Crippen LogP contribution >= 0.6 is 0 Å². The molecule has 0 heterocycles. The van der Waals surface area contributed by atoms with Crippen molar-refractivity contribution in [3.05, 3.63) is 0 Å². The number of carbonyl (C=O) groups excluding carboxylic acids is 1. The standard InChI is InChI=1S/C8H19N3O2/c9-4-2-1-3-7(11)8(12)13-6-5-10/h7H,1-6,9-11H2/p+2/t7-/m0/s1. The van der Waals surface area contributed by atoms with Crippen molar-refractivity contribution in [3.8, 4) is 0 Å². The van der Waals surface area contributed by atoms with Crippen LogP contribution in [0.5, 0.6) is 0 Å². The monoisotopic (exact) mass is 191 g/mol. The number of rotatable bonds is 7. The summed E-state index contributed by atoms with van der Waals surface area (Å²) in [6.07, 6.45) is 2.63. The lowest BCUT2D eigenvalue weighted by molar-refractivity contribution is -0.412. The van der Waals surface area contributed by atoms with E-state index in [1.807, 2.05) is 0 Å². The molecule has 0 radical (unpaired) electrons. The van der Waals surface area contributed by atoms with Crippen molar-refractivity contribution in [1.82, 2.24) is 0 Å². The topological polar surface area (TPSA) is 108 Å². The van der Waals surface area contributed by atoms with Gasteiger partial charge >= 0.3 is 5.97 Å². The maximum atomic E-state index is 11.2. The van der Waals surface area contributed by atoms with Gasteiger partial charge in [0.1, 0.15) is 13.2 Å². The lowest BCUT2D eigenvalue weighted by atomic mass is 10.1. The smallest absolute Gasteiger partial charge is 0.364 e. The Balaban J connectivity index is 3.45. The predicted molar refractivity (Wildman–Crippen MR) is 48.3 cm³/mol. The molecular formula is C8H21N3O2+2. The van der Waals surface area contributed by atoms with Crippen LogP contribution in [0.25, 0.3) is 0 Å². The van der Waals surface area contributed by atoms with Crippen LogP contribution in [0, 0.1) is 0 Å². The lowest BCUT2D eigenvalue weighted by Crippen LogP contribution is -2.65. The van der Waals surface area contributed by atoms with Gasteiger partial charge in [0, 0.05) is 6.42 Å². The third kappa shape index (κ3) is 6.51. The van der Waals surface area contributed by atoms with Gasteiger partial charge in [0.2, 0.25) is 0 Å². The van der Waals surface area contributed by atoms with Crippen LogP contribution in [0.1, 0.15) is 19.3 Å². The molecule has 0 amide bonds. The van der Waals surface area contributed by atoms with E-state index < -0.39 is 0 Å². The third-order valence-corrected chi connectivity index (χ3v) is 1.73. The first-order valence-corrected chi connectivity index (χ1v) is 4.71. The Labute approximate surface area is 78.6 Å². The van der Waals surface area contributed by atoms with Crippen LogP contribution in [0.3, 0.4) is 0 Å². The Hall–Kier alpha value is -0.650. The summed E-state index contributed by atoms with van der Waals surface area (Å²) in [5, 5.41) is 0. The molecule has 0 aliphatic carbocycles. The minimum atomic E-state index is -0.252. The zero-order valence-electron chi connectivity index (χ0n) is 8.13. The molecule has 0 saturated heterocycles. The van der Waals surface area contributed by atoms with Gasteiger partial charge in [0.15, 0.2) is 6.04 Å². The summed E-state index contributed by atoms with van der Waals surface area (Å²) in [6.45, 7) is 1.67. The Morgan fingerprint density at radius 3 is 2.69 bits per heavy atom. The van der Waals surface area contributed by atoms with Crippen molar-refractivity contribution in [2.45, 2.75) is 25.3 Å². The van der Waals surface area contributed by atoms with E-state index in [9.17, 15) is 4.79 Å². The first kappa shape index (κ1) is 12.3. The van der Waals surface area contributed by atoms with Gasteiger partial charge in [-0.2, -0.15) is 0 Å². The number of hydrogen-bond acceptors (Lipinski definition) is 3. The second-order valence-corrected chi connectivity index (χ2v) is 3.00. The summed E-state index contributed by atoms with van der Waals surface area (Å²) >= 11 is 0. The van der Waals surface area contributed by atoms with Crippen LogP contribution in [0.2, 0.25) is 0 Å². The van der Waals surface area contributed by atoms with Crippen LogP contribution in [-0.2, 0) is 9.53 Å². The minimum absolute atomic E-state index is 0.222. The highest BCUT2D eigenvalue weighted by molar-refractivity contribution is 5.73. The summed E-state index contributed by atoms with van der Waals surface area (Å²) in [7, 11) is 0. The average Bonchev–Trinajstić information content (AvgIpc) is 2.14. The first-order chi connectivity index (χ1) is 6.22. The molecule has 1 atom stereocenters. The Morgan fingerprint density at radius 1 is 1.46 bits per heavy atom. The molecule has 5 nitrogen and oxygen atoms in total. The maximum absolute atomic E-state index is 11.2. The molecule has 0 aromatic heterocycles. The van der Waals surface area contributed by atoms with E-state index >= 15 is 0 Å². The van der Waals surface area contributed by atoms with Crippen molar-refractivity contribution < 1.29 is 21.0 Å². The number of unbranched alkanes of at least 4 members (excludes halogenated alkanes) is 1. The van der Waals surface area contributed by atoms with Crippen molar-refractivity contribution in [2.75, 3.05) is 19.7 Å². The normalized spacial score (nSPS) is 12.5. The van der Waals surface area contributed by atoms with E-state index in [0.717, 1.165) is 19.3 Å². The van der Waals surface area contributed by atoms with Gasteiger partial charge in [-0.05, 0) is 19.4 Å². The summed E-state index contributed by atoms with van der Waals surface area (Å²) in [4.78, 5) is 11.2. The van der Waals surface area contributed by atoms with E-state index in [1.54, 1.807) is 0 Å².